The van der Waals surface area contributed by atoms with Crippen molar-refractivity contribution in [3.63, 3.8) is 0 Å². The summed E-state index contributed by atoms with van der Waals surface area (Å²) in [4.78, 5) is 7.58. The van der Waals surface area contributed by atoms with Crippen LogP contribution < -0.4 is 0 Å². The molecule has 2 aromatic heterocycles. The Hall–Kier alpha value is -2.61. The molecule has 0 unspecified atom stereocenters. The summed E-state index contributed by atoms with van der Waals surface area (Å²) in [5.41, 5.74) is 4.66. The molecule has 0 saturated heterocycles. The minimum Gasteiger partial charge on any atom is -0.346 e. The fourth-order valence-electron chi connectivity index (χ4n) is 2.73. The number of H-pyrrole nitrogens is 1. The van der Waals surface area contributed by atoms with Crippen LogP contribution in [0, 0.1) is 6.92 Å². The Bertz CT molecular complexity index is 919. The molecule has 2 nitrogen and oxygen atoms in total. The van der Waals surface area contributed by atoms with Gasteiger partial charge in [-0.2, -0.15) is 0 Å². The standard InChI is InChI=1S/C18H14N2/c1-12-4-5-14-10-15(7-6-13(14)9-12)17-11-20-18-16(17)3-2-8-19-18/h2-11H,1H3,(H,19,20). The predicted octanol–water partition coefficient (Wildman–Crippen LogP) is 4.69. The molecule has 20 heavy (non-hydrogen) atoms. The van der Waals surface area contributed by atoms with Crippen LogP contribution in [0.1, 0.15) is 5.56 Å². The van der Waals surface area contributed by atoms with Crippen molar-refractivity contribution in [2.45, 2.75) is 6.92 Å². The molecule has 1 N–H and O–H groups in total. The number of nitrogens with one attached hydrogen (secondary N) is 1. The smallest absolute Gasteiger partial charge is 0.137 e. The number of fused-ring (bicyclic) bond motifs is 2. The van der Waals surface area contributed by atoms with Gasteiger partial charge in [-0.1, -0.05) is 35.9 Å². The van der Waals surface area contributed by atoms with Gasteiger partial charge in [-0.15, -0.1) is 0 Å². The van der Waals surface area contributed by atoms with Crippen LogP contribution in [0.4, 0.5) is 0 Å². The van der Waals surface area contributed by atoms with Gasteiger partial charge in [0, 0.05) is 23.3 Å². The summed E-state index contributed by atoms with van der Waals surface area (Å²) < 4.78 is 0. The molecule has 0 aliphatic rings. The van der Waals surface area contributed by atoms with Crippen molar-refractivity contribution in [2.75, 3.05) is 0 Å². The number of pyridine rings is 1. The minimum absolute atomic E-state index is 0.937. The van der Waals surface area contributed by atoms with E-state index in [2.05, 4.69) is 59.4 Å². The quantitative estimate of drug-likeness (QED) is 0.527. The number of hydrogen-bond donors (Lipinski definition) is 1. The van der Waals surface area contributed by atoms with Crippen molar-refractivity contribution in [3.05, 3.63) is 66.5 Å². The Morgan fingerprint density at radius 3 is 2.75 bits per heavy atom. The van der Waals surface area contributed by atoms with Crippen LogP contribution in [0.2, 0.25) is 0 Å². The zero-order chi connectivity index (χ0) is 13.5. The second-order valence-electron chi connectivity index (χ2n) is 5.17. The van der Waals surface area contributed by atoms with Crippen LogP contribution in [0.3, 0.4) is 0 Å². The van der Waals surface area contributed by atoms with Crippen LogP contribution in [-0.4, -0.2) is 9.97 Å². The van der Waals surface area contributed by atoms with Crippen molar-refractivity contribution in [3.8, 4) is 11.1 Å². The Labute approximate surface area is 117 Å². The van der Waals surface area contributed by atoms with E-state index >= 15 is 0 Å². The highest BCUT2D eigenvalue weighted by Gasteiger charge is 2.06. The molecule has 0 aliphatic heterocycles. The molecule has 0 bridgehead atoms. The molecule has 0 radical (unpaired) electrons. The molecular formula is C18H14N2. The summed E-state index contributed by atoms with van der Waals surface area (Å²) in [5, 5.41) is 3.72. The first-order chi connectivity index (χ1) is 9.81. The van der Waals surface area contributed by atoms with E-state index in [-0.39, 0.29) is 0 Å². The second kappa shape index (κ2) is 4.20. The van der Waals surface area contributed by atoms with Gasteiger partial charge >= 0.3 is 0 Å². The normalized spacial score (nSPS) is 11.2. The highest BCUT2D eigenvalue weighted by Crippen LogP contribution is 2.30. The molecule has 0 amide bonds. The Kier molecular flexibility index (Phi) is 2.36. The highest BCUT2D eigenvalue weighted by atomic mass is 14.8. The van der Waals surface area contributed by atoms with Crippen LogP contribution >= 0.6 is 0 Å². The summed E-state index contributed by atoms with van der Waals surface area (Å²) >= 11 is 0. The predicted molar refractivity (Wildman–Crippen MR) is 83.8 cm³/mol. The van der Waals surface area contributed by atoms with E-state index in [1.807, 2.05) is 18.5 Å². The molecule has 2 aromatic carbocycles. The van der Waals surface area contributed by atoms with Gasteiger partial charge in [0.05, 0.1) is 0 Å². The summed E-state index contributed by atoms with van der Waals surface area (Å²) in [5.74, 6) is 0. The third-order valence-corrected chi connectivity index (χ3v) is 3.76. The molecule has 96 valence electrons. The van der Waals surface area contributed by atoms with Gasteiger partial charge in [0.1, 0.15) is 5.65 Å². The zero-order valence-corrected chi connectivity index (χ0v) is 11.2. The van der Waals surface area contributed by atoms with Crippen LogP contribution in [0.15, 0.2) is 60.9 Å². The summed E-state index contributed by atoms with van der Waals surface area (Å²) in [6, 6.07) is 17.2. The number of nitrogens with zero attached hydrogens (tertiary/aromatic N) is 1. The maximum atomic E-state index is 4.35. The molecule has 0 aliphatic carbocycles. The topological polar surface area (TPSA) is 28.7 Å². The van der Waals surface area contributed by atoms with Crippen molar-refractivity contribution < 1.29 is 0 Å². The first-order valence-electron chi connectivity index (χ1n) is 6.74. The Morgan fingerprint density at radius 1 is 0.950 bits per heavy atom. The lowest BCUT2D eigenvalue weighted by atomic mass is 10.0. The molecule has 0 atom stereocenters. The minimum atomic E-state index is 0.937. The molecule has 0 fully saturated rings. The number of aromatic nitrogens is 2. The number of aryl methyl sites for hydroxylation is 1. The molecular weight excluding hydrogens is 244 g/mol. The third-order valence-electron chi connectivity index (χ3n) is 3.76. The van der Waals surface area contributed by atoms with Gasteiger partial charge in [-0.3, -0.25) is 0 Å². The number of hydrogen-bond acceptors (Lipinski definition) is 1. The van der Waals surface area contributed by atoms with Crippen LogP contribution in [0.5, 0.6) is 0 Å². The summed E-state index contributed by atoms with van der Waals surface area (Å²) in [6.45, 7) is 2.12. The maximum Gasteiger partial charge on any atom is 0.137 e. The summed E-state index contributed by atoms with van der Waals surface area (Å²) in [7, 11) is 0. The van der Waals surface area contributed by atoms with Gasteiger partial charge in [-0.05, 0) is 41.5 Å². The highest BCUT2D eigenvalue weighted by molar-refractivity contribution is 5.96. The lowest BCUT2D eigenvalue weighted by Crippen LogP contribution is -1.79. The monoisotopic (exact) mass is 258 g/mol. The van der Waals surface area contributed by atoms with Gasteiger partial charge in [-0.25, -0.2) is 4.98 Å². The fourth-order valence-corrected chi connectivity index (χ4v) is 2.73. The van der Waals surface area contributed by atoms with Crippen molar-refractivity contribution >= 4 is 21.8 Å². The molecule has 0 spiro atoms. The van der Waals surface area contributed by atoms with Crippen LogP contribution in [-0.2, 0) is 0 Å². The third kappa shape index (κ3) is 1.69. The van der Waals surface area contributed by atoms with Gasteiger partial charge in [0.15, 0.2) is 0 Å². The van der Waals surface area contributed by atoms with Crippen molar-refractivity contribution in [2.24, 2.45) is 0 Å². The van der Waals surface area contributed by atoms with E-state index in [4.69, 9.17) is 0 Å². The van der Waals surface area contributed by atoms with E-state index < -0.39 is 0 Å². The summed E-state index contributed by atoms with van der Waals surface area (Å²) in [6.07, 6.45) is 3.85. The molecule has 0 saturated carbocycles. The van der Waals surface area contributed by atoms with Gasteiger partial charge < -0.3 is 4.98 Å². The van der Waals surface area contributed by atoms with Crippen molar-refractivity contribution in [1.29, 1.82) is 0 Å². The van der Waals surface area contributed by atoms with E-state index in [9.17, 15) is 0 Å². The van der Waals surface area contributed by atoms with E-state index in [0.717, 1.165) is 5.65 Å². The average molecular weight is 258 g/mol. The largest absolute Gasteiger partial charge is 0.346 e. The van der Waals surface area contributed by atoms with Gasteiger partial charge in [0.25, 0.3) is 0 Å². The average Bonchev–Trinajstić information content (AvgIpc) is 2.91. The number of rotatable bonds is 1. The van der Waals surface area contributed by atoms with Gasteiger partial charge in [0.2, 0.25) is 0 Å². The second-order valence-corrected chi connectivity index (χ2v) is 5.17. The van der Waals surface area contributed by atoms with Crippen LogP contribution in [0.25, 0.3) is 32.9 Å². The Balaban J connectivity index is 1.96. The van der Waals surface area contributed by atoms with E-state index in [1.54, 1.807) is 0 Å². The Morgan fingerprint density at radius 2 is 1.80 bits per heavy atom. The molecule has 4 aromatic rings. The number of benzene rings is 2. The molecule has 2 heterocycles. The van der Waals surface area contributed by atoms with E-state index in [1.165, 1.54) is 32.8 Å². The van der Waals surface area contributed by atoms with Crippen molar-refractivity contribution in [1.82, 2.24) is 9.97 Å². The zero-order valence-electron chi connectivity index (χ0n) is 11.2. The maximum absolute atomic E-state index is 4.35. The number of aromatic amines is 1. The lowest BCUT2D eigenvalue weighted by Gasteiger charge is -2.04. The lowest BCUT2D eigenvalue weighted by molar-refractivity contribution is 1.33. The molecule has 4 rings (SSSR count). The van der Waals surface area contributed by atoms with E-state index in [0.29, 0.717) is 0 Å². The first kappa shape index (κ1) is 11.2. The SMILES string of the molecule is Cc1ccc2cc(-c3c[nH]c4ncccc34)ccc2c1. The fraction of sp³-hybridized carbons (Fsp3) is 0.0556. The first-order valence-corrected chi connectivity index (χ1v) is 6.74. The molecule has 2 heteroatoms.